The number of nitrogens with one attached hydrogen (secondary N) is 2. The Hall–Kier alpha value is -4.00. The van der Waals surface area contributed by atoms with Crippen molar-refractivity contribution in [2.75, 3.05) is 31.5 Å². The molecule has 7 nitrogen and oxygen atoms in total. The molecule has 0 radical (unpaired) electrons. The van der Waals surface area contributed by atoms with E-state index in [-0.39, 0.29) is 11.8 Å². The number of carbonyl (C=O) groups excluding carboxylic acids is 2. The summed E-state index contributed by atoms with van der Waals surface area (Å²) in [7, 11) is 3.11. The van der Waals surface area contributed by atoms with Crippen molar-refractivity contribution >= 4 is 23.2 Å². The van der Waals surface area contributed by atoms with Gasteiger partial charge in [-0.1, -0.05) is 0 Å². The van der Waals surface area contributed by atoms with Gasteiger partial charge < -0.3 is 24.8 Å². The van der Waals surface area contributed by atoms with Crippen LogP contribution in [0.25, 0.3) is 0 Å². The van der Waals surface area contributed by atoms with Crippen molar-refractivity contribution in [1.82, 2.24) is 0 Å². The van der Waals surface area contributed by atoms with Crippen molar-refractivity contribution in [3.8, 4) is 17.2 Å². The van der Waals surface area contributed by atoms with Crippen LogP contribution in [-0.2, 0) is 0 Å². The molecule has 0 aliphatic carbocycles. The summed E-state index contributed by atoms with van der Waals surface area (Å²) in [4.78, 5) is 25.0. The summed E-state index contributed by atoms with van der Waals surface area (Å²) in [6, 6.07) is 18.7. The van der Waals surface area contributed by atoms with Gasteiger partial charge in [-0.15, -0.1) is 0 Å². The molecule has 31 heavy (non-hydrogen) atoms. The standard InChI is InChI=1S/C24H24N2O5/c1-4-31-21-14-7-17(15-22(21)30-3)24(28)26-18-8-5-16(6-9-18)23(27)25-19-10-12-20(29-2)13-11-19/h5-15H,4H2,1-3H3,(H,25,27)(H,26,28). The van der Waals surface area contributed by atoms with Crippen LogP contribution in [-0.4, -0.2) is 32.6 Å². The van der Waals surface area contributed by atoms with Gasteiger partial charge in [0.1, 0.15) is 5.75 Å². The van der Waals surface area contributed by atoms with Gasteiger partial charge in [-0.25, -0.2) is 0 Å². The van der Waals surface area contributed by atoms with Gasteiger partial charge in [0, 0.05) is 22.5 Å². The van der Waals surface area contributed by atoms with Gasteiger partial charge in [-0.2, -0.15) is 0 Å². The first kappa shape index (κ1) is 21.7. The molecule has 7 heteroatoms. The van der Waals surface area contributed by atoms with Crippen LogP contribution in [0.3, 0.4) is 0 Å². The fourth-order valence-corrected chi connectivity index (χ4v) is 2.87. The number of anilines is 2. The normalized spacial score (nSPS) is 10.2. The lowest BCUT2D eigenvalue weighted by Gasteiger charge is -2.11. The monoisotopic (exact) mass is 420 g/mol. The first-order valence-electron chi connectivity index (χ1n) is 9.71. The summed E-state index contributed by atoms with van der Waals surface area (Å²) in [5.74, 6) is 1.23. The Balaban J connectivity index is 1.64. The molecule has 3 rings (SSSR count). The highest BCUT2D eigenvalue weighted by atomic mass is 16.5. The largest absolute Gasteiger partial charge is 0.497 e. The molecular formula is C24H24N2O5. The van der Waals surface area contributed by atoms with E-state index >= 15 is 0 Å². The van der Waals surface area contributed by atoms with E-state index in [0.29, 0.717) is 46.4 Å². The second-order valence-corrected chi connectivity index (χ2v) is 6.51. The maximum absolute atomic E-state index is 12.6. The van der Waals surface area contributed by atoms with Crippen LogP contribution in [0.15, 0.2) is 66.7 Å². The van der Waals surface area contributed by atoms with E-state index in [1.54, 1.807) is 73.8 Å². The number of hydrogen-bond acceptors (Lipinski definition) is 5. The second-order valence-electron chi connectivity index (χ2n) is 6.51. The highest BCUT2D eigenvalue weighted by Gasteiger charge is 2.12. The summed E-state index contributed by atoms with van der Waals surface area (Å²) < 4.78 is 15.9. The zero-order valence-corrected chi connectivity index (χ0v) is 17.6. The number of rotatable bonds is 8. The molecule has 0 saturated heterocycles. The smallest absolute Gasteiger partial charge is 0.255 e. The highest BCUT2D eigenvalue weighted by molar-refractivity contribution is 6.06. The predicted octanol–water partition coefficient (Wildman–Crippen LogP) is 4.61. The zero-order chi connectivity index (χ0) is 22.2. The molecule has 0 aromatic heterocycles. The molecule has 2 amide bonds. The van der Waals surface area contributed by atoms with Crippen LogP contribution in [0.5, 0.6) is 17.2 Å². The summed E-state index contributed by atoms with van der Waals surface area (Å²) in [6.45, 7) is 2.38. The van der Waals surface area contributed by atoms with Gasteiger partial charge in [0.05, 0.1) is 20.8 Å². The van der Waals surface area contributed by atoms with Crippen LogP contribution >= 0.6 is 0 Å². The average molecular weight is 420 g/mol. The van der Waals surface area contributed by atoms with Crippen molar-refractivity contribution in [3.63, 3.8) is 0 Å². The summed E-state index contributed by atoms with van der Waals surface area (Å²) in [5.41, 5.74) is 2.13. The van der Waals surface area contributed by atoms with E-state index in [9.17, 15) is 9.59 Å². The number of benzene rings is 3. The third-order valence-corrected chi connectivity index (χ3v) is 4.48. The van der Waals surface area contributed by atoms with Crippen LogP contribution < -0.4 is 24.8 Å². The zero-order valence-electron chi connectivity index (χ0n) is 17.6. The van der Waals surface area contributed by atoms with Crippen LogP contribution in [0.2, 0.25) is 0 Å². The van der Waals surface area contributed by atoms with Crippen molar-refractivity contribution in [1.29, 1.82) is 0 Å². The molecule has 0 aliphatic rings. The minimum atomic E-state index is -0.295. The second kappa shape index (κ2) is 10.2. The van der Waals surface area contributed by atoms with Gasteiger partial charge in [-0.3, -0.25) is 9.59 Å². The molecule has 0 unspecified atom stereocenters. The Labute approximate surface area is 180 Å². The molecule has 3 aromatic carbocycles. The van der Waals surface area contributed by atoms with E-state index < -0.39 is 0 Å². The average Bonchev–Trinajstić information content (AvgIpc) is 2.80. The van der Waals surface area contributed by atoms with Crippen LogP contribution in [0.4, 0.5) is 11.4 Å². The molecule has 0 bridgehead atoms. The molecule has 0 saturated carbocycles. The van der Waals surface area contributed by atoms with Crippen molar-refractivity contribution in [2.45, 2.75) is 6.92 Å². The van der Waals surface area contributed by atoms with Crippen LogP contribution in [0, 0.1) is 0 Å². The molecule has 0 spiro atoms. The summed E-state index contributed by atoms with van der Waals surface area (Å²) >= 11 is 0. The molecule has 0 fully saturated rings. The van der Waals surface area contributed by atoms with E-state index in [0.717, 1.165) is 0 Å². The SMILES string of the molecule is CCOc1ccc(C(=O)Nc2ccc(C(=O)Nc3ccc(OC)cc3)cc2)cc1OC. The Morgan fingerprint density at radius 2 is 1.26 bits per heavy atom. The van der Waals surface area contributed by atoms with Gasteiger partial charge in [-0.05, 0) is 73.7 Å². The third-order valence-electron chi connectivity index (χ3n) is 4.48. The topological polar surface area (TPSA) is 85.9 Å². The van der Waals surface area contributed by atoms with Gasteiger partial charge in [0.25, 0.3) is 11.8 Å². The van der Waals surface area contributed by atoms with Crippen molar-refractivity contribution in [2.24, 2.45) is 0 Å². The Bertz CT molecular complexity index is 1050. The molecule has 160 valence electrons. The number of ether oxygens (including phenoxy) is 3. The predicted molar refractivity (Wildman–Crippen MR) is 120 cm³/mol. The highest BCUT2D eigenvalue weighted by Crippen LogP contribution is 2.28. The summed E-state index contributed by atoms with van der Waals surface area (Å²) in [6.07, 6.45) is 0. The Kier molecular flexibility index (Phi) is 7.11. The third kappa shape index (κ3) is 5.54. The Morgan fingerprint density at radius 1 is 0.710 bits per heavy atom. The minimum Gasteiger partial charge on any atom is -0.497 e. The first-order chi connectivity index (χ1) is 15.0. The minimum absolute atomic E-state index is 0.251. The number of amides is 2. The number of methoxy groups -OCH3 is 2. The van der Waals surface area contributed by atoms with Crippen molar-refractivity contribution in [3.05, 3.63) is 77.9 Å². The Morgan fingerprint density at radius 3 is 1.81 bits per heavy atom. The molecule has 0 heterocycles. The first-order valence-corrected chi connectivity index (χ1v) is 9.71. The molecule has 0 atom stereocenters. The van der Waals surface area contributed by atoms with Crippen LogP contribution in [0.1, 0.15) is 27.6 Å². The van der Waals surface area contributed by atoms with E-state index in [2.05, 4.69) is 10.6 Å². The van der Waals surface area contributed by atoms with Gasteiger partial charge in [0.15, 0.2) is 11.5 Å². The maximum atomic E-state index is 12.6. The lowest BCUT2D eigenvalue weighted by atomic mass is 10.1. The lowest BCUT2D eigenvalue weighted by Crippen LogP contribution is -2.14. The van der Waals surface area contributed by atoms with E-state index in [1.807, 2.05) is 6.92 Å². The molecule has 3 aromatic rings. The quantitative estimate of drug-likeness (QED) is 0.556. The van der Waals surface area contributed by atoms with E-state index in [1.165, 1.54) is 7.11 Å². The molecule has 0 aliphatic heterocycles. The molecular weight excluding hydrogens is 396 g/mol. The fraction of sp³-hybridized carbons (Fsp3) is 0.167. The van der Waals surface area contributed by atoms with E-state index in [4.69, 9.17) is 14.2 Å². The van der Waals surface area contributed by atoms with Gasteiger partial charge in [0.2, 0.25) is 0 Å². The lowest BCUT2D eigenvalue weighted by molar-refractivity contribution is 0.101. The molecule has 2 N–H and O–H groups in total. The fourth-order valence-electron chi connectivity index (χ4n) is 2.87. The maximum Gasteiger partial charge on any atom is 0.255 e. The van der Waals surface area contributed by atoms with Gasteiger partial charge >= 0.3 is 0 Å². The van der Waals surface area contributed by atoms with Crippen molar-refractivity contribution < 1.29 is 23.8 Å². The summed E-state index contributed by atoms with van der Waals surface area (Å²) in [5, 5.41) is 5.62. The number of hydrogen-bond donors (Lipinski definition) is 2. The number of carbonyl (C=O) groups is 2.